The maximum absolute atomic E-state index is 10.9. The van der Waals surface area contributed by atoms with Crippen LogP contribution in [-0.2, 0) is 16.6 Å². The molecule has 2 rings (SSSR count). The van der Waals surface area contributed by atoms with Crippen molar-refractivity contribution in [2.45, 2.75) is 13.5 Å². The zero-order chi connectivity index (χ0) is 13.2. The number of aryl methyl sites for hydroxylation is 1. The van der Waals surface area contributed by atoms with Gasteiger partial charge in [0.05, 0.1) is 12.8 Å². The van der Waals surface area contributed by atoms with E-state index in [0.717, 1.165) is 17.4 Å². The summed E-state index contributed by atoms with van der Waals surface area (Å²) in [5.41, 5.74) is 1.97. The van der Waals surface area contributed by atoms with Crippen molar-refractivity contribution in [3.8, 4) is 11.4 Å². The Balaban J connectivity index is 2.13. The molecule has 1 heterocycles. The highest BCUT2D eigenvalue weighted by Crippen LogP contribution is 2.16. The van der Waals surface area contributed by atoms with Gasteiger partial charge in [-0.2, -0.15) is 4.98 Å². The molecular formula is C11H13N3O3S. The molecule has 96 valence electrons. The van der Waals surface area contributed by atoms with Gasteiger partial charge in [0.1, 0.15) is 0 Å². The SMILES string of the molecule is Cc1ccc(-c2noc(CNS(C)(=O)=O)n2)cc1. The molecular weight excluding hydrogens is 254 g/mol. The molecule has 0 bridgehead atoms. The van der Waals surface area contributed by atoms with E-state index >= 15 is 0 Å². The highest BCUT2D eigenvalue weighted by Gasteiger charge is 2.10. The molecule has 0 aliphatic heterocycles. The fraction of sp³-hybridized carbons (Fsp3) is 0.273. The van der Waals surface area contributed by atoms with Gasteiger partial charge in [-0.3, -0.25) is 0 Å². The molecule has 0 aliphatic rings. The van der Waals surface area contributed by atoms with Crippen LogP contribution in [0.15, 0.2) is 28.8 Å². The number of hydrogen-bond donors (Lipinski definition) is 1. The first kappa shape index (κ1) is 12.7. The molecule has 2 aromatic rings. The van der Waals surface area contributed by atoms with Crippen LogP contribution >= 0.6 is 0 Å². The van der Waals surface area contributed by atoms with Gasteiger partial charge in [-0.05, 0) is 6.92 Å². The third-order valence-corrected chi connectivity index (χ3v) is 2.93. The quantitative estimate of drug-likeness (QED) is 0.896. The summed E-state index contributed by atoms with van der Waals surface area (Å²) < 4.78 is 29.1. The molecule has 0 unspecified atom stereocenters. The lowest BCUT2D eigenvalue weighted by Gasteiger charge is -1.96. The summed E-state index contributed by atoms with van der Waals surface area (Å²) in [6, 6.07) is 7.65. The van der Waals surface area contributed by atoms with Crippen LogP contribution in [0.5, 0.6) is 0 Å². The molecule has 1 aromatic heterocycles. The van der Waals surface area contributed by atoms with Crippen LogP contribution in [0.3, 0.4) is 0 Å². The summed E-state index contributed by atoms with van der Waals surface area (Å²) in [6.45, 7) is 1.99. The lowest BCUT2D eigenvalue weighted by molar-refractivity contribution is 0.376. The predicted molar refractivity (Wildman–Crippen MR) is 66.2 cm³/mol. The zero-order valence-corrected chi connectivity index (χ0v) is 10.9. The first-order valence-electron chi connectivity index (χ1n) is 5.28. The fourth-order valence-electron chi connectivity index (χ4n) is 1.34. The minimum absolute atomic E-state index is 0.00229. The van der Waals surface area contributed by atoms with E-state index in [1.807, 2.05) is 31.2 Å². The number of sulfonamides is 1. The summed E-state index contributed by atoms with van der Waals surface area (Å²) in [7, 11) is -3.26. The Hall–Kier alpha value is -1.73. The van der Waals surface area contributed by atoms with E-state index in [2.05, 4.69) is 14.9 Å². The molecule has 0 saturated carbocycles. The van der Waals surface area contributed by atoms with Crippen molar-refractivity contribution in [3.63, 3.8) is 0 Å². The molecule has 0 fully saturated rings. The largest absolute Gasteiger partial charge is 0.338 e. The van der Waals surface area contributed by atoms with E-state index in [0.29, 0.717) is 5.82 Å². The number of rotatable bonds is 4. The maximum atomic E-state index is 10.9. The van der Waals surface area contributed by atoms with Gasteiger partial charge in [-0.15, -0.1) is 0 Å². The van der Waals surface area contributed by atoms with Gasteiger partial charge in [-0.25, -0.2) is 13.1 Å². The lowest BCUT2D eigenvalue weighted by Crippen LogP contribution is -2.21. The van der Waals surface area contributed by atoms with Crippen LogP contribution in [0.25, 0.3) is 11.4 Å². The third-order valence-electron chi connectivity index (χ3n) is 2.26. The molecule has 0 spiro atoms. The van der Waals surface area contributed by atoms with E-state index in [9.17, 15) is 8.42 Å². The third kappa shape index (κ3) is 3.38. The van der Waals surface area contributed by atoms with Crippen molar-refractivity contribution in [1.82, 2.24) is 14.9 Å². The summed E-state index contributed by atoms with van der Waals surface area (Å²) in [5.74, 6) is 0.677. The Morgan fingerprint density at radius 2 is 1.94 bits per heavy atom. The fourth-order valence-corrected chi connectivity index (χ4v) is 1.73. The Labute approximate surface area is 105 Å². The standard InChI is InChI=1S/C11H13N3O3S/c1-8-3-5-9(6-4-8)11-13-10(17-14-11)7-12-18(2,15)16/h3-6,12H,7H2,1-2H3. The first-order valence-corrected chi connectivity index (χ1v) is 7.17. The summed E-state index contributed by atoms with van der Waals surface area (Å²) in [6.07, 6.45) is 1.07. The van der Waals surface area contributed by atoms with E-state index in [-0.39, 0.29) is 12.4 Å². The number of nitrogens with one attached hydrogen (secondary N) is 1. The van der Waals surface area contributed by atoms with Gasteiger partial charge in [0.25, 0.3) is 0 Å². The second-order valence-corrected chi connectivity index (χ2v) is 5.80. The predicted octanol–water partition coefficient (Wildman–Crippen LogP) is 1.09. The average molecular weight is 267 g/mol. The Kier molecular flexibility index (Phi) is 3.44. The molecule has 0 saturated heterocycles. The summed E-state index contributed by atoms with van der Waals surface area (Å²) in [4.78, 5) is 4.11. The van der Waals surface area contributed by atoms with Gasteiger partial charge in [-0.1, -0.05) is 35.0 Å². The Bertz CT molecular complexity index is 632. The zero-order valence-electron chi connectivity index (χ0n) is 10.0. The molecule has 1 N–H and O–H groups in total. The second kappa shape index (κ2) is 4.87. The highest BCUT2D eigenvalue weighted by molar-refractivity contribution is 7.88. The normalized spacial score (nSPS) is 11.7. The maximum Gasteiger partial charge on any atom is 0.242 e. The van der Waals surface area contributed by atoms with Crippen LogP contribution < -0.4 is 4.72 Å². The van der Waals surface area contributed by atoms with Gasteiger partial charge in [0.15, 0.2) is 0 Å². The molecule has 18 heavy (non-hydrogen) atoms. The van der Waals surface area contributed by atoms with Crippen molar-refractivity contribution in [2.24, 2.45) is 0 Å². The van der Waals surface area contributed by atoms with Crippen LogP contribution in [0.4, 0.5) is 0 Å². The molecule has 0 amide bonds. The van der Waals surface area contributed by atoms with Gasteiger partial charge >= 0.3 is 0 Å². The number of nitrogens with zero attached hydrogens (tertiary/aromatic N) is 2. The molecule has 6 nitrogen and oxygen atoms in total. The molecule has 0 aliphatic carbocycles. The Morgan fingerprint density at radius 1 is 1.28 bits per heavy atom. The molecule has 1 aromatic carbocycles. The van der Waals surface area contributed by atoms with E-state index in [4.69, 9.17) is 4.52 Å². The van der Waals surface area contributed by atoms with Crippen LogP contribution in [0, 0.1) is 6.92 Å². The number of hydrogen-bond acceptors (Lipinski definition) is 5. The van der Waals surface area contributed by atoms with E-state index in [1.165, 1.54) is 0 Å². The van der Waals surface area contributed by atoms with Crippen molar-refractivity contribution in [1.29, 1.82) is 0 Å². The minimum Gasteiger partial charge on any atom is -0.338 e. The van der Waals surface area contributed by atoms with Crippen molar-refractivity contribution < 1.29 is 12.9 Å². The summed E-state index contributed by atoms with van der Waals surface area (Å²) in [5, 5.41) is 3.80. The number of benzene rings is 1. The lowest BCUT2D eigenvalue weighted by atomic mass is 10.1. The second-order valence-electron chi connectivity index (χ2n) is 3.97. The van der Waals surface area contributed by atoms with Gasteiger partial charge < -0.3 is 4.52 Å². The molecule has 0 radical (unpaired) electrons. The van der Waals surface area contributed by atoms with Crippen molar-refractivity contribution >= 4 is 10.0 Å². The Morgan fingerprint density at radius 3 is 2.56 bits per heavy atom. The monoisotopic (exact) mass is 267 g/mol. The van der Waals surface area contributed by atoms with Gasteiger partial charge in [0.2, 0.25) is 21.7 Å². The van der Waals surface area contributed by atoms with Crippen LogP contribution in [0.2, 0.25) is 0 Å². The average Bonchev–Trinajstić information content (AvgIpc) is 2.75. The summed E-state index contributed by atoms with van der Waals surface area (Å²) >= 11 is 0. The molecule has 7 heteroatoms. The highest BCUT2D eigenvalue weighted by atomic mass is 32.2. The van der Waals surface area contributed by atoms with Crippen LogP contribution in [-0.4, -0.2) is 24.8 Å². The van der Waals surface area contributed by atoms with Crippen LogP contribution in [0.1, 0.15) is 11.5 Å². The number of aromatic nitrogens is 2. The van der Waals surface area contributed by atoms with E-state index in [1.54, 1.807) is 0 Å². The van der Waals surface area contributed by atoms with E-state index < -0.39 is 10.0 Å². The van der Waals surface area contributed by atoms with Crippen molar-refractivity contribution in [2.75, 3.05) is 6.26 Å². The van der Waals surface area contributed by atoms with Crippen molar-refractivity contribution in [3.05, 3.63) is 35.7 Å². The topological polar surface area (TPSA) is 85.1 Å². The van der Waals surface area contributed by atoms with Gasteiger partial charge in [0, 0.05) is 5.56 Å². The molecule has 0 atom stereocenters. The smallest absolute Gasteiger partial charge is 0.242 e. The first-order chi connectivity index (χ1) is 8.44. The minimum atomic E-state index is -3.26.